The predicted octanol–water partition coefficient (Wildman–Crippen LogP) is 2.76. The van der Waals surface area contributed by atoms with E-state index in [2.05, 4.69) is 28.0 Å². The Labute approximate surface area is 161 Å². The summed E-state index contributed by atoms with van der Waals surface area (Å²) in [5, 5.41) is 6.89. The average Bonchev–Trinajstić information content (AvgIpc) is 3.46. The van der Waals surface area contributed by atoms with Crippen molar-refractivity contribution in [3.8, 4) is 5.75 Å². The number of methoxy groups -OCH3 is 1. The van der Waals surface area contributed by atoms with Crippen molar-refractivity contribution in [1.29, 1.82) is 0 Å². The van der Waals surface area contributed by atoms with Crippen LogP contribution in [0.1, 0.15) is 44.1 Å². The summed E-state index contributed by atoms with van der Waals surface area (Å²) in [6.07, 6.45) is 6.75. The molecule has 1 N–H and O–H groups in total. The molecule has 6 heteroatoms. The molecule has 0 unspecified atom stereocenters. The van der Waals surface area contributed by atoms with Gasteiger partial charge in [0.1, 0.15) is 5.75 Å². The first-order valence-electron chi connectivity index (χ1n) is 9.84. The number of likely N-dealkylation sites (tertiary alicyclic amines) is 2. The zero-order valence-electron chi connectivity index (χ0n) is 16.1. The summed E-state index contributed by atoms with van der Waals surface area (Å²) in [5.41, 5.74) is 1.48. The van der Waals surface area contributed by atoms with Crippen LogP contribution < -0.4 is 4.74 Å². The molecule has 1 aliphatic carbocycles. The van der Waals surface area contributed by atoms with E-state index in [-0.39, 0.29) is 12.0 Å². The molecule has 6 nitrogen and oxygen atoms in total. The van der Waals surface area contributed by atoms with Crippen LogP contribution >= 0.6 is 0 Å². The molecule has 0 aromatic heterocycles. The second-order valence-electron chi connectivity index (χ2n) is 7.91. The van der Waals surface area contributed by atoms with E-state index < -0.39 is 0 Å². The van der Waals surface area contributed by atoms with Crippen molar-refractivity contribution in [2.75, 3.05) is 26.7 Å². The summed E-state index contributed by atoms with van der Waals surface area (Å²) in [7, 11) is 1.72. The summed E-state index contributed by atoms with van der Waals surface area (Å²) >= 11 is 0. The second-order valence-corrected chi connectivity index (χ2v) is 7.91. The van der Waals surface area contributed by atoms with E-state index in [0.29, 0.717) is 5.91 Å². The van der Waals surface area contributed by atoms with Crippen molar-refractivity contribution < 1.29 is 19.4 Å². The maximum atomic E-state index is 12.4. The molecule has 0 radical (unpaired) electrons. The summed E-state index contributed by atoms with van der Waals surface area (Å²) in [6, 6.07) is 8.36. The highest BCUT2D eigenvalue weighted by atomic mass is 16.5. The van der Waals surface area contributed by atoms with Crippen LogP contribution in [0.15, 0.2) is 24.3 Å². The first-order valence-corrected chi connectivity index (χ1v) is 9.84. The van der Waals surface area contributed by atoms with Crippen molar-refractivity contribution >= 4 is 12.4 Å². The Bertz CT molecular complexity index is 651. The Morgan fingerprint density at radius 1 is 1.26 bits per heavy atom. The summed E-state index contributed by atoms with van der Waals surface area (Å²) in [6.45, 7) is 3.93. The van der Waals surface area contributed by atoms with Gasteiger partial charge in [0.2, 0.25) is 5.91 Å². The molecule has 2 heterocycles. The highest BCUT2D eigenvalue weighted by Crippen LogP contribution is 2.42. The van der Waals surface area contributed by atoms with Gasteiger partial charge in [0.05, 0.1) is 7.11 Å². The van der Waals surface area contributed by atoms with E-state index in [1.807, 2.05) is 6.07 Å². The zero-order valence-corrected chi connectivity index (χ0v) is 16.1. The number of nitrogens with zero attached hydrogens (tertiary/aromatic N) is 2. The Morgan fingerprint density at radius 3 is 2.59 bits per heavy atom. The van der Waals surface area contributed by atoms with Gasteiger partial charge < -0.3 is 14.7 Å². The number of amides is 1. The van der Waals surface area contributed by atoms with Gasteiger partial charge in [-0.3, -0.25) is 14.5 Å². The molecule has 2 saturated heterocycles. The Kier molecular flexibility index (Phi) is 6.37. The van der Waals surface area contributed by atoms with Crippen LogP contribution in [0.3, 0.4) is 0 Å². The van der Waals surface area contributed by atoms with Gasteiger partial charge >= 0.3 is 0 Å². The molecule has 3 fully saturated rings. The molecule has 0 bridgehead atoms. The third-order valence-electron chi connectivity index (χ3n) is 6.14. The number of ether oxygens (including phenoxy) is 1. The smallest absolute Gasteiger partial charge is 0.290 e. The van der Waals surface area contributed by atoms with Crippen LogP contribution in [0.25, 0.3) is 0 Å². The number of carboxylic acid groups (broad SMARTS) is 1. The quantitative estimate of drug-likeness (QED) is 0.803. The maximum absolute atomic E-state index is 12.4. The zero-order chi connectivity index (χ0) is 19.3. The van der Waals surface area contributed by atoms with Crippen LogP contribution in [0, 0.1) is 5.92 Å². The Morgan fingerprint density at radius 2 is 1.96 bits per heavy atom. The summed E-state index contributed by atoms with van der Waals surface area (Å²) in [5.74, 6) is 2.12. The number of hydrogen-bond donors (Lipinski definition) is 1. The van der Waals surface area contributed by atoms with Crippen LogP contribution in [0.4, 0.5) is 0 Å². The number of carbonyl (C=O) groups is 2. The topological polar surface area (TPSA) is 70.1 Å². The van der Waals surface area contributed by atoms with Gasteiger partial charge in [-0.15, -0.1) is 0 Å². The van der Waals surface area contributed by atoms with Crippen LogP contribution in [-0.4, -0.2) is 59.6 Å². The van der Waals surface area contributed by atoms with Crippen molar-refractivity contribution in [2.24, 2.45) is 5.92 Å². The summed E-state index contributed by atoms with van der Waals surface area (Å²) < 4.78 is 5.33. The minimum atomic E-state index is -0.250. The highest BCUT2D eigenvalue weighted by molar-refractivity contribution is 5.79. The third kappa shape index (κ3) is 4.80. The molecule has 1 spiro atoms. The van der Waals surface area contributed by atoms with Crippen LogP contribution in [0.5, 0.6) is 5.75 Å². The van der Waals surface area contributed by atoms with Crippen molar-refractivity contribution in [3.05, 3.63) is 29.8 Å². The normalized spacial score (nSPS) is 21.7. The van der Waals surface area contributed by atoms with Crippen LogP contribution in [0.2, 0.25) is 0 Å². The molecule has 0 atom stereocenters. The van der Waals surface area contributed by atoms with Crippen molar-refractivity contribution in [1.82, 2.24) is 9.80 Å². The lowest BCUT2D eigenvalue weighted by molar-refractivity contribution is -0.133. The average molecular weight is 374 g/mol. The second kappa shape index (κ2) is 8.74. The molecule has 3 aliphatic rings. The van der Waals surface area contributed by atoms with E-state index in [4.69, 9.17) is 14.6 Å². The number of rotatable bonds is 5. The molecule has 1 amide bonds. The summed E-state index contributed by atoms with van der Waals surface area (Å²) in [4.78, 5) is 25.5. The highest BCUT2D eigenvalue weighted by Gasteiger charge is 2.48. The van der Waals surface area contributed by atoms with Crippen molar-refractivity contribution in [2.45, 2.75) is 50.6 Å². The molecule has 1 aromatic carbocycles. The van der Waals surface area contributed by atoms with Crippen molar-refractivity contribution in [3.63, 3.8) is 0 Å². The minimum absolute atomic E-state index is 0.171. The van der Waals surface area contributed by atoms with Gasteiger partial charge in [-0.05, 0) is 55.7 Å². The maximum Gasteiger partial charge on any atom is 0.290 e. The van der Waals surface area contributed by atoms with E-state index in [1.54, 1.807) is 7.11 Å². The van der Waals surface area contributed by atoms with Crippen LogP contribution in [-0.2, 0) is 16.1 Å². The predicted molar refractivity (Wildman–Crippen MR) is 103 cm³/mol. The lowest BCUT2D eigenvalue weighted by Crippen LogP contribution is -2.53. The number of hydrogen-bond acceptors (Lipinski definition) is 4. The van der Waals surface area contributed by atoms with Gasteiger partial charge in [0.25, 0.3) is 6.47 Å². The van der Waals surface area contributed by atoms with E-state index in [0.717, 1.165) is 63.5 Å². The number of carbonyl (C=O) groups excluding carboxylic acids is 1. The molecule has 4 rings (SSSR count). The van der Waals surface area contributed by atoms with Gasteiger partial charge in [-0.25, -0.2) is 0 Å². The fraction of sp³-hybridized carbons (Fsp3) is 0.619. The number of benzene rings is 1. The Balaban J connectivity index is 0.000000659. The molecular weight excluding hydrogens is 344 g/mol. The third-order valence-corrected chi connectivity index (χ3v) is 6.14. The molecule has 2 aliphatic heterocycles. The lowest BCUT2D eigenvalue weighted by atomic mass is 9.84. The first kappa shape index (κ1) is 19.7. The monoisotopic (exact) mass is 374 g/mol. The van der Waals surface area contributed by atoms with E-state index >= 15 is 0 Å². The largest absolute Gasteiger partial charge is 0.497 e. The molecule has 1 aromatic rings. The fourth-order valence-corrected chi connectivity index (χ4v) is 4.40. The minimum Gasteiger partial charge on any atom is -0.497 e. The molecule has 148 valence electrons. The SMILES string of the molecule is COc1cccc(CN2CCC3(CCC(=O)N3CC3CC3)CC2)c1.O=CO. The standard InChI is InChI=1S/C20H28N2O2.CH2O2/c1-24-18-4-2-3-17(13-18)14-21-11-9-20(10-12-21)8-7-19(23)22(20)15-16-5-6-16;2-1-3/h2-4,13,16H,5-12,14-15H2,1H3;1H,(H,2,3). The first-order chi connectivity index (χ1) is 13.1. The van der Waals surface area contributed by atoms with E-state index in [1.165, 1.54) is 18.4 Å². The van der Waals surface area contributed by atoms with Gasteiger partial charge in [-0.1, -0.05) is 12.1 Å². The fourth-order valence-electron chi connectivity index (χ4n) is 4.40. The lowest BCUT2D eigenvalue weighted by Gasteiger charge is -2.45. The molecular formula is C21H30N2O4. The van der Waals surface area contributed by atoms with E-state index in [9.17, 15) is 4.79 Å². The van der Waals surface area contributed by atoms with Gasteiger partial charge in [0.15, 0.2) is 0 Å². The van der Waals surface area contributed by atoms with Gasteiger partial charge in [-0.2, -0.15) is 0 Å². The molecule has 1 saturated carbocycles. The van der Waals surface area contributed by atoms with Gasteiger partial charge in [0, 0.05) is 38.1 Å². The molecule has 27 heavy (non-hydrogen) atoms. The number of piperidine rings is 1. The Hall–Kier alpha value is -2.08.